The van der Waals surface area contributed by atoms with Crippen LogP contribution < -0.4 is 4.74 Å². The molecule has 0 radical (unpaired) electrons. The van der Waals surface area contributed by atoms with E-state index in [9.17, 15) is 8.42 Å². The van der Waals surface area contributed by atoms with Crippen molar-refractivity contribution in [3.63, 3.8) is 0 Å². The molecule has 1 saturated carbocycles. The molecule has 1 aliphatic carbocycles. The first kappa shape index (κ1) is 17.6. The van der Waals surface area contributed by atoms with Crippen LogP contribution in [0.3, 0.4) is 0 Å². The lowest BCUT2D eigenvalue weighted by atomic mass is 10.1. The van der Waals surface area contributed by atoms with E-state index in [1.54, 1.807) is 4.31 Å². The zero-order valence-corrected chi connectivity index (χ0v) is 16.0. The minimum Gasteiger partial charge on any atom is -0.493 e. The third-order valence-corrected chi connectivity index (χ3v) is 7.00. The lowest BCUT2D eigenvalue weighted by Gasteiger charge is -2.22. The Morgan fingerprint density at radius 2 is 1.96 bits per heavy atom. The van der Waals surface area contributed by atoms with Gasteiger partial charge in [-0.2, -0.15) is 4.31 Å². The Morgan fingerprint density at radius 1 is 1.12 bits per heavy atom. The maximum absolute atomic E-state index is 13.0. The van der Waals surface area contributed by atoms with Crippen molar-refractivity contribution in [1.82, 2.24) is 4.31 Å². The molecule has 4 nitrogen and oxygen atoms in total. The third kappa shape index (κ3) is 3.94. The fraction of sp³-hybridized carbons (Fsp3) is 0.429. The molecule has 0 spiro atoms. The monoisotopic (exact) mass is 371 g/mol. The summed E-state index contributed by atoms with van der Waals surface area (Å²) >= 11 is 0. The van der Waals surface area contributed by atoms with Crippen LogP contribution in [0, 0.1) is 6.92 Å². The van der Waals surface area contributed by atoms with Crippen molar-refractivity contribution in [3.05, 3.63) is 64.7 Å². The molecular formula is C21H25NO3S. The Kier molecular flexibility index (Phi) is 4.76. The number of aryl methyl sites for hydroxylation is 2. The van der Waals surface area contributed by atoms with E-state index < -0.39 is 10.0 Å². The molecule has 2 aromatic carbocycles. The second kappa shape index (κ2) is 7.05. The van der Waals surface area contributed by atoms with Gasteiger partial charge in [-0.25, -0.2) is 8.42 Å². The van der Waals surface area contributed by atoms with Crippen LogP contribution in [0.25, 0.3) is 0 Å². The lowest BCUT2D eigenvalue weighted by molar-refractivity contribution is 0.357. The maximum atomic E-state index is 13.0. The average Bonchev–Trinajstić information content (AvgIpc) is 3.34. The number of nitrogens with zero attached hydrogens (tertiary/aromatic N) is 1. The Morgan fingerprint density at radius 3 is 2.73 bits per heavy atom. The van der Waals surface area contributed by atoms with Gasteiger partial charge in [0.15, 0.2) is 0 Å². The third-order valence-electron chi connectivity index (χ3n) is 5.13. The van der Waals surface area contributed by atoms with E-state index in [1.807, 2.05) is 37.3 Å². The number of rotatable bonds is 7. The zero-order valence-electron chi connectivity index (χ0n) is 15.1. The van der Waals surface area contributed by atoms with Gasteiger partial charge >= 0.3 is 0 Å². The lowest BCUT2D eigenvalue weighted by Crippen LogP contribution is -2.35. The van der Waals surface area contributed by atoms with Gasteiger partial charge in [0.1, 0.15) is 5.75 Å². The van der Waals surface area contributed by atoms with Crippen molar-refractivity contribution in [1.29, 1.82) is 0 Å². The normalized spacial score (nSPS) is 16.5. The highest BCUT2D eigenvalue weighted by Crippen LogP contribution is 2.32. The molecule has 2 aliphatic rings. The highest BCUT2D eigenvalue weighted by molar-refractivity contribution is 7.89. The molecule has 2 aromatic rings. The molecule has 1 heterocycles. The van der Waals surface area contributed by atoms with Crippen molar-refractivity contribution in [2.24, 2.45) is 0 Å². The van der Waals surface area contributed by atoms with E-state index in [-0.39, 0.29) is 11.8 Å². The smallest absolute Gasteiger partial charge is 0.214 e. The highest BCUT2D eigenvalue weighted by Gasteiger charge is 2.36. The van der Waals surface area contributed by atoms with Gasteiger partial charge in [0.25, 0.3) is 0 Å². The molecule has 0 bridgehead atoms. The van der Waals surface area contributed by atoms with Gasteiger partial charge in [-0.3, -0.25) is 0 Å². The molecule has 1 fully saturated rings. The molecule has 26 heavy (non-hydrogen) atoms. The van der Waals surface area contributed by atoms with Gasteiger partial charge in [-0.1, -0.05) is 42.0 Å². The van der Waals surface area contributed by atoms with Gasteiger partial charge in [0, 0.05) is 19.0 Å². The first-order chi connectivity index (χ1) is 12.5. The molecule has 0 unspecified atom stereocenters. The van der Waals surface area contributed by atoms with E-state index in [0.717, 1.165) is 48.3 Å². The second-order valence-corrected chi connectivity index (χ2v) is 9.41. The molecule has 1 aliphatic heterocycles. The number of hydrogen-bond donors (Lipinski definition) is 0. The van der Waals surface area contributed by atoms with Gasteiger partial charge in [-0.05, 0) is 48.9 Å². The number of benzene rings is 2. The summed E-state index contributed by atoms with van der Waals surface area (Å²) in [6.45, 7) is 3.24. The van der Waals surface area contributed by atoms with Gasteiger partial charge in [-0.15, -0.1) is 0 Å². The Bertz CT molecular complexity index is 903. The molecule has 138 valence electrons. The van der Waals surface area contributed by atoms with E-state index in [0.29, 0.717) is 13.0 Å². The Balaban J connectivity index is 1.46. The van der Waals surface area contributed by atoms with Crippen LogP contribution in [-0.4, -0.2) is 31.1 Å². The SMILES string of the molecule is Cc1cccc(CN(C2CC2)S(=O)(=O)CCc2ccc3c(c2)CCO3)c1. The molecule has 0 N–H and O–H groups in total. The summed E-state index contributed by atoms with van der Waals surface area (Å²) in [6, 6.07) is 14.3. The topological polar surface area (TPSA) is 46.6 Å². The molecule has 4 rings (SSSR count). The van der Waals surface area contributed by atoms with E-state index >= 15 is 0 Å². The van der Waals surface area contributed by atoms with Gasteiger partial charge in [0.05, 0.1) is 12.4 Å². The highest BCUT2D eigenvalue weighted by atomic mass is 32.2. The largest absolute Gasteiger partial charge is 0.493 e. The average molecular weight is 372 g/mol. The molecular weight excluding hydrogens is 346 g/mol. The first-order valence-electron chi connectivity index (χ1n) is 9.31. The maximum Gasteiger partial charge on any atom is 0.214 e. The summed E-state index contributed by atoms with van der Waals surface area (Å²) < 4.78 is 33.3. The Labute approximate surface area is 155 Å². The Hall–Kier alpha value is -1.85. The van der Waals surface area contributed by atoms with Gasteiger partial charge < -0.3 is 4.74 Å². The second-order valence-electron chi connectivity index (χ2n) is 7.37. The predicted molar refractivity (Wildman–Crippen MR) is 103 cm³/mol. The van der Waals surface area contributed by atoms with Crippen LogP contribution in [0.15, 0.2) is 42.5 Å². The summed E-state index contributed by atoms with van der Waals surface area (Å²) in [7, 11) is -3.28. The number of ether oxygens (including phenoxy) is 1. The quantitative estimate of drug-likeness (QED) is 0.749. The zero-order chi connectivity index (χ0) is 18.1. The van der Waals surface area contributed by atoms with Crippen LogP contribution in [0.1, 0.15) is 35.1 Å². The molecule has 0 saturated heterocycles. The van der Waals surface area contributed by atoms with Crippen LogP contribution >= 0.6 is 0 Å². The number of fused-ring (bicyclic) bond motifs is 1. The van der Waals surface area contributed by atoms with Crippen molar-refractivity contribution in [3.8, 4) is 5.75 Å². The van der Waals surface area contributed by atoms with Crippen molar-refractivity contribution < 1.29 is 13.2 Å². The van der Waals surface area contributed by atoms with Crippen molar-refractivity contribution >= 4 is 10.0 Å². The van der Waals surface area contributed by atoms with Crippen LogP contribution in [0.5, 0.6) is 5.75 Å². The van der Waals surface area contributed by atoms with E-state index in [4.69, 9.17) is 4.74 Å². The first-order valence-corrected chi connectivity index (χ1v) is 10.9. The van der Waals surface area contributed by atoms with Gasteiger partial charge in [0.2, 0.25) is 10.0 Å². The van der Waals surface area contributed by atoms with Crippen molar-refractivity contribution in [2.75, 3.05) is 12.4 Å². The molecule has 0 amide bonds. The van der Waals surface area contributed by atoms with Crippen LogP contribution in [-0.2, 0) is 29.4 Å². The predicted octanol–water partition coefficient (Wildman–Crippen LogP) is 3.47. The minimum absolute atomic E-state index is 0.162. The summed E-state index contributed by atoms with van der Waals surface area (Å²) in [4.78, 5) is 0. The number of sulfonamides is 1. The van der Waals surface area contributed by atoms with Crippen LogP contribution in [0.4, 0.5) is 0 Å². The number of hydrogen-bond acceptors (Lipinski definition) is 3. The molecule has 0 aromatic heterocycles. The molecule has 0 atom stereocenters. The fourth-order valence-corrected chi connectivity index (χ4v) is 5.31. The summed E-state index contributed by atoms with van der Waals surface area (Å²) in [5.41, 5.74) is 4.49. The van der Waals surface area contributed by atoms with E-state index in [1.165, 1.54) is 5.56 Å². The summed E-state index contributed by atoms with van der Waals surface area (Å²) in [5, 5.41) is 0. The standard InChI is InChI=1S/C21H25NO3S/c1-16-3-2-4-18(13-16)15-22(20-6-7-20)26(23,24)12-10-17-5-8-21-19(14-17)9-11-25-21/h2-5,8,13-14,20H,6-7,9-12,15H2,1H3. The van der Waals surface area contributed by atoms with E-state index in [2.05, 4.69) is 12.1 Å². The summed E-state index contributed by atoms with van der Waals surface area (Å²) in [5.74, 6) is 1.10. The summed E-state index contributed by atoms with van der Waals surface area (Å²) in [6.07, 6.45) is 3.41. The fourth-order valence-electron chi connectivity index (χ4n) is 3.57. The van der Waals surface area contributed by atoms with Crippen molar-refractivity contribution in [2.45, 2.75) is 45.2 Å². The minimum atomic E-state index is -3.28. The van der Waals surface area contributed by atoms with Crippen LogP contribution in [0.2, 0.25) is 0 Å². The molecule has 5 heteroatoms.